The minimum absolute atomic E-state index is 0.319. The second-order valence-corrected chi connectivity index (χ2v) is 3.29. The number of azo groups is 1. The van der Waals surface area contributed by atoms with Crippen molar-refractivity contribution in [3.05, 3.63) is 11.8 Å². The van der Waals surface area contributed by atoms with Crippen LogP contribution in [0.5, 0.6) is 0 Å². The minimum atomic E-state index is -0.319. The van der Waals surface area contributed by atoms with E-state index < -0.39 is 0 Å². The van der Waals surface area contributed by atoms with Crippen LogP contribution in [0.2, 0.25) is 0 Å². The zero-order valence-electron chi connectivity index (χ0n) is 7.33. The van der Waals surface area contributed by atoms with Crippen molar-refractivity contribution in [3.8, 4) is 0 Å². The molecule has 0 radical (unpaired) electrons. The van der Waals surface area contributed by atoms with E-state index in [1.807, 2.05) is 19.9 Å². The quantitative estimate of drug-likeness (QED) is 0.620. The Hall–Kier alpha value is -1.19. The summed E-state index contributed by atoms with van der Waals surface area (Å²) >= 11 is 0. The number of nitrogens with one attached hydrogen (secondary N) is 1. The van der Waals surface area contributed by atoms with Gasteiger partial charge in [-0.1, -0.05) is 0 Å². The molecule has 0 aromatic carbocycles. The molecule has 2 rings (SSSR count). The van der Waals surface area contributed by atoms with Crippen LogP contribution in [0.4, 0.5) is 0 Å². The molecule has 1 unspecified atom stereocenters. The molecule has 64 valence electrons. The van der Waals surface area contributed by atoms with E-state index in [0.717, 1.165) is 24.6 Å². The molecule has 2 aliphatic rings. The Labute approximate surface area is 71.5 Å². The van der Waals surface area contributed by atoms with Gasteiger partial charge in [-0.25, -0.2) is 0 Å². The molecule has 1 N–H and O–H groups in total. The number of amidine groups is 1. The van der Waals surface area contributed by atoms with E-state index in [1.165, 1.54) is 0 Å². The summed E-state index contributed by atoms with van der Waals surface area (Å²) in [5, 5.41) is 11.4. The third kappa shape index (κ3) is 1.03. The Morgan fingerprint density at radius 2 is 2.42 bits per heavy atom. The van der Waals surface area contributed by atoms with E-state index >= 15 is 0 Å². The fourth-order valence-electron chi connectivity index (χ4n) is 1.50. The Bertz CT molecular complexity index is 289. The lowest BCUT2D eigenvalue weighted by Crippen LogP contribution is -2.38. The number of allylic oxidation sites excluding steroid dienone is 1. The highest BCUT2D eigenvalue weighted by atomic mass is 15.2. The summed E-state index contributed by atoms with van der Waals surface area (Å²) in [6.07, 6.45) is 2.03. The number of rotatable bonds is 1. The molecule has 0 aromatic rings. The largest absolute Gasteiger partial charge is 0.370 e. The molecule has 2 aliphatic heterocycles. The van der Waals surface area contributed by atoms with Crippen molar-refractivity contribution in [1.29, 1.82) is 0 Å². The number of aliphatic imine (C=N–C) groups is 1. The normalized spacial score (nSPS) is 33.2. The molecule has 4 nitrogen and oxygen atoms in total. The van der Waals surface area contributed by atoms with Gasteiger partial charge in [-0.15, -0.1) is 0 Å². The smallest absolute Gasteiger partial charge is 0.156 e. The monoisotopic (exact) mass is 164 g/mol. The zero-order valence-corrected chi connectivity index (χ0v) is 7.33. The fraction of sp³-hybridized carbons (Fsp3) is 0.625. The highest BCUT2D eigenvalue weighted by Crippen LogP contribution is 2.24. The Kier molecular flexibility index (Phi) is 1.49. The van der Waals surface area contributed by atoms with Gasteiger partial charge in [0.1, 0.15) is 5.84 Å². The van der Waals surface area contributed by atoms with E-state index in [9.17, 15) is 0 Å². The van der Waals surface area contributed by atoms with Gasteiger partial charge >= 0.3 is 0 Å². The molecule has 4 heteroatoms. The van der Waals surface area contributed by atoms with Crippen LogP contribution in [0.1, 0.15) is 13.8 Å². The van der Waals surface area contributed by atoms with Crippen molar-refractivity contribution in [1.82, 2.24) is 5.32 Å². The van der Waals surface area contributed by atoms with Gasteiger partial charge in [-0.2, -0.15) is 10.2 Å². The topological polar surface area (TPSA) is 49.1 Å². The van der Waals surface area contributed by atoms with Crippen molar-refractivity contribution in [3.63, 3.8) is 0 Å². The third-order valence-corrected chi connectivity index (χ3v) is 2.06. The van der Waals surface area contributed by atoms with E-state index in [2.05, 4.69) is 20.5 Å². The van der Waals surface area contributed by atoms with Crippen LogP contribution in [-0.2, 0) is 0 Å². The van der Waals surface area contributed by atoms with Gasteiger partial charge in [0.2, 0.25) is 0 Å². The molecule has 1 atom stereocenters. The number of nitrogens with zero attached hydrogens (tertiary/aromatic N) is 3. The maximum atomic E-state index is 4.33. The van der Waals surface area contributed by atoms with Crippen LogP contribution in [-0.4, -0.2) is 24.5 Å². The van der Waals surface area contributed by atoms with E-state index in [1.54, 1.807) is 0 Å². The summed E-state index contributed by atoms with van der Waals surface area (Å²) in [4.78, 5) is 4.33. The SMILES string of the molecule is CC1=CC(C)(C2=NCCN2)N=N1. The summed E-state index contributed by atoms with van der Waals surface area (Å²) in [6.45, 7) is 5.75. The summed E-state index contributed by atoms with van der Waals surface area (Å²) in [6, 6.07) is 0. The average Bonchev–Trinajstić information content (AvgIpc) is 2.59. The average molecular weight is 164 g/mol. The van der Waals surface area contributed by atoms with Gasteiger partial charge in [0, 0.05) is 6.54 Å². The van der Waals surface area contributed by atoms with Crippen LogP contribution in [0.15, 0.2) is 27.0 Å². The standard InChI is InChI=1S/C8H12N4/c1-6-5-8(2,12-11-6)7-9-3-4-10-7/h5H,3-4H2,1-2H3,(H,9,10). The van der Waals surface area contributed by atoms with Gasteiger partial charge in [0.25, 0.3) is 0 Å². The summed E-state index contributed by atoms with van der Waals surface area (Å²) in [7, 11) is 0. The lowest BCUT2D eigenvalue weighted by Gasteiger charge is -2.16. The molecule has 12 heavy (non-hydrogen) atoms. The predicted molar refractivity (Wildman–Crippen MR) is 47.3 cm³/mol. The van der Waals surface area contributed by atoms with Crippen molar-refractivity contribution >= 4 is 5.84 Å². The van der Waals surface area contributed by atoms with Gasteiger partial charge in [0.15, 0.2) is 5.54 Å². The first-order valence-electron chi connectivity index (χ1n) is 4.12. The Morgan fingerprint density at radius 3 is 2.92 bits per heavy atom. The van der Waals surface area contributed by atoms with Gasteiger partial charge < -0.3 is 5.32 Å². The first kappa shape index (κ1) is 7.46. The first-order chi connectivity index (χ1) is 5.71. The van der Waals surface area contributed by atoms with Gasteiger partial charge in [-0.3, -0.25) is 4.99 Å². The Morgan fingerprint density at radius 1 is 1.58 bits per heavy atom. The zero-order chi connectivity index (χ0) is 8.60. The van der Waals surface area contributed by atoms with E-state index in [0.29, 0.717) is 0 Å². The molecule has 0 bridgehead atoms. The summed E-state index contributed by atoms with van der Waals surface area (Å²) in [5.41, 5.74) is 0.648. The fourth-order valence-corrected chi connectivity index (χ4v) is 1.50. The number of hydrogen-bond donors (Lipinski definition) is 1. The van der Waals surface area contributed by atoms with E-state index in [4.69, 9.17) is 0 Å². The first-order valence-corrected chi connectivity index (χ1v) is 4.12. The van der Waals surface area contributed by atoms with Crippen molar-refractivity contribution in [2.45, 2.75) is 19.4 Å². The third-order valence-electron chi connectivity index (χ3n) is 2.06. The van der Waals surface area contributed by atoms with Gasteiger partial charge in [0.05, 0.1) is 12.2 Å². The lowest BCUT2D eigenvalue weighted by molar-refractivity contribution is 0.740. The van der Waals surface area contributed by atoms with Crippen molar-refractivity contribution < 1.29 is 0 Å². The van der Waals surface area contributed by atoms with Crippen molar-refractivity contribution in [2.24, 2.45) is 15.2 Å². The highest BCUT2D eigenvalue weighted by Gasteiger charge is 2.33. The highest BCUT2D eigenvalue weighted by molar-refractivity contribution is 5.94. The summed E-state index contributed by atoms with van der Waals surface area (Å²) in [5.74, 6) is 0.947. The molecule has 2 heterocycles. The molecule has 0 saturated heterocycles. The van der Waals surface area contributed by atoms with Crippen LogP contribution >= 0.6 is 0 Å². The molecule has 0 saturated carbocycles. The van der Waals surface area contributed by atoms with Crippen LogP contribution in [0.3, 0.4) is 0 Å². The molecule has 0 aromatic heterocycles. The maximum Gasteiger partial charge on any atom is 0.156 e. The predicted octanol–water partition coefficient (Wildman–Crippen LogP) is 1.12. The second kappa shape index (κ2) is 2.40. The minimum Gasteiger partial charge on any atom is -0.370 e. The van der Waals surface area contributed by atoms with Crippen LogP contribution in [0.25, 0.3) is 0 Å². The molecular formula is C8H12N4. The molecule has 0 aliphatic carbocycles. The molecule has 0 fully saturated rings. The summed E-state index contributed by atoms with van der Waals surface area (Å²) < 4.78 is 0. The van der Waals surface area contributed by atoms with E-state index in [-0.39, 0.29) is 5.54 Å². The van der Waals surface area contributed by atoms with Crippen LogP contribution < -0.4 is 5.32 Å². The Balaban J connectivity index is 2.28. The molecular weight excluding hydrogens is 152 g/mol. The van der Waals surface area contributed by atoms with Gasteiger partial charge in [-0.05, 0) is 19.9 Å². The number of hydrogen-bond acceptors (Lipinski definition) is 4. The van der Waals surface area contributed by atoms with Crippen LogP contribution in [0, 0.1) is 0 Å². The van der Waals surface area contributed by atoms with Crippen molar-refractivity contribution in [2.75, 3.05) is 13.1 Å². The lowest BCUT2D eigenvalue weighted by atomic mass is 10.0. The molecule has 0 spiro atoms. The maximum absolute atomic E-state index is 4.33. The molecule has 0 amide bonds. The second-order valence-electron chi connectivity index (χ2n) is 3.29.